The first-order valence-corrected chi connectivity index (χ1v) is 6.53. The zero-order valence-corrected chi connectivity index (χ0v) is 10.4. The van der Waals surface area contributed by atoms with E-state index in [0.717, 1.165) is 19.1 Å². The molecule has 0 aliphatic carbocycles. The molecule has 0 radical (unpaired) electrons. The van der Waals surface area contributed by atoms with Gasteiger partial charge in [-0.15, -0.1) is 0 Å². The number of rotatable bonds is 8. The monoisotopic (exact) mass is 213 g/mol. The van der Waals surface area contributed by atoms with Crippen molar-refractivity contribution >= 4 is 0 Å². The Kier molecular flexibility index (Phi) is 6.98. The number of nitrogens with one attached hydrogen (secondary N) is 2. The fourth-order valence-corrected chi connectivity index (χ4v) is 2.19. The van der Waals surface area contributed by atoms with E-state index in [4.69, 9.17) is 0 Å². The molecule has 0 saturated carbocycles. The van der Waals surface area contributed by atoms with E-state index < -0.39 is 0 Å². The van der Waals surface area contributed by atoms with Crippen molar-refractivity contribution in [3.8, 4) is 0 Å². The second-order valence-electron chi connectivity index (χ2n) is 4.43. The molecule has 1 saturated heterocycles. The van der Waals surface area contributed by atoms with Crippen LogP contribution in [0.3, 0.4) is 0 Å². The summed E-state index contributed by atoms with van der Waals surface area (Å²) in [5.74, 6) is 0. The summed E-state index contributed by atoms with van der Waals surface area (Å²) in [6, 6.07) is 0.728. The van der Waals surface area contributed by atoms with Crippen molar-refractivity contribution < 1.29 is 0 Å². The van der Waals surface area contributed by atoms with Crippen molar-refractivity contribution in [1.82, 2.24) is 15.5 Å². The Morgan fingerprint density at radius 2 is 2.20 bits per heavy atom. The van der Waals surface area contributed by atoms with E-state index in [1.54, 1.807) is 0 Å². The van der Waals surface area contributed by atoms with Crippen molar-refractivity contribution in [2.75, 3.05) is 39.3 Å². The molecule has 1 aliphatic rings. The molecule has 0 amide bonds. The van der Waals surface area contributed by atoms with Crippen LogP contribution >= 0.6 is 0 Å². The molecule has 1 fully saturated rings. The van der Waals surface area contributed by atoms with Crippen molar-refractivity contribution in [3.63, 3.8) is 0 Å². The zero-order valence-electron chi connectivity index (χ0n) is 10.4. The maximum atomic E-state index is 3.55. The summed E-state index contributed by atoms with van der Waals surface area (Å²) in [6.07, 6.45) is 3.96. The van der Waals surface area contributed by atoms with E-state index in [1.807, 2.05) is 0 Å². The second kappa shape index (κ2) is 8.08. The van der Waals surface area contributed by atoms with Gasteiger partial charge in [0, 0.05) is 25.7 Å². The number of nitrogens with zero attached hydrogens (tertiary/aromatic N) is 1. The van der Waals surface area contributed by atoms with Gasteiger partial charge in [0.05, 0.1) is 0 Å². The van der Waals surface area contributed by atoms with Crippen LogP contribution in [0.4, 0.5) is 0 Å². The Hall–Kier alpha value is -0.120. The Labute approximate surface area is 94.6 Å². The lowest BCUT2D eigenvalue weighted by molar-refractivity contribution is 0.286. The van der Waals surface area contributed by atoms with Gasteiger partial charge < -0.3 is 15.5 Å². The molecule has 0 spiro atoms. The Morgan fingerprint density at radius 3 is 2.80 bits per heavy atom. The summed E-state index contributed by atoms with van der Waals surface area (Å²) in [7, 11) is 0. The fraction of sp³-hybridized carbons (Fsp3) is 1.00. The fourth-order valence-electron chi connectivity index (χ4n) is 2.19. The third-order valence-electron chi connectivity index (χ3n) is 3.14. The van der Waals surface area contributed by atoms with Crippen LogP contribution in [-0.2, 0) is 0 Å². The van der Waals surface area contributed by atoms with Gasteiger partial charge in [0.1, 0.15) is 0 Å². The van der Waals surface area contributed by atoms with Gasteiger partial charge in [-0.3, -0.25) is 0 Å². The average Bonchev–Trinajstić information content (AvgIpc) is 2.75. The lowest BCUT2D eigenvalue weighted by Crippen LogP contribution is -2.38. The highest BCUT2D eigenvalue weighted by atomic mass is 15.1. The van der Waals surface area contributed by atoms with Gasteiger partial charge in [-0.1, -0.05) is 13.8 Å². The van der Waals surface area contributed by atoms with Gasteiger partial charge in [-0.25, -0.2) is 0 Å². The van der Waals surface area contributed by atoms with E-state index in [9.17, 15) is 0 Å². The molecule has 1 heterocycles. The van der Waals surface area contributed by atoms with Gasteiger partial charge in [0.25, 0.3) is 0 Å². The van der Waals surface area contributed by atoms with Gasteiger partial charge in [0.15, 0.2) is 0 Å². The highest BCUT2D eigenvalue weighted by molar-refractivity contribution is 4.76. The Balaban J connectivity index is 1.94. The van der Waals surface area contributed by atoms with Gasteiger partial charge in [-0.05, 0) is 38.9 Å². The first kappa shape index (κ1) is 12.9. The SMILES string of the molecule is CCCN(CC)CCNCC1CCCN1. The predicted octanol–water partition coefficient (Wildman–Crippen LogP) is 1.06. The molecule has 3 heteroatoms. The summed E-state index contributed by atoms with van der Waals surface area (Å²) in [5, 5.41) is 7.05. The molecule has 2 N–H and O–H groups in total. The molecule has 0 bridgehead atoms. The molecule has 0 aromatic carbocycles. The standard InChI is InChI=1S/C12H27N3/c1-3-9-15(4-2)10-8-13-11-12-6-5-7-14-12/h12-14H,3-11H2,1-2H3. The number of likely N-dealkylation sites (N-methyl/N-ethyl adjacent to an activating group) is 1. The maximum absolute atomic E-state index is 3.55. The van der Waals surface area contributed by atoms with Crippen molar-refractivity contribution in [1.29, 1.82) is 0 Å². The summed E-state index contributed by atoms with van der Waals surface area (Å²) in [5.41, 5.74) is 0. The molecule has 0 aromatic rings. The minimum atomic E-state index is 0.728. The molecule has 1 rings (SSSR count). The van der Waals surface area contributed by atoms with Crippen molar-refractivity contribution in [2.45, 2.75) is 39.2 Å². The second-order valence-corrected chi connectivity index (χ2v) is 4.43. The zero-order chi connectivity index (χ0) is 10.9. The smallest absolute Gasteiger partial charge is 0.0192 e. The van der Waals surface area contributed by atoms with E-state index in [-0.39, 0.29) is 0 Å². The lowest BCUT2D eigenvalue weighted by Gasteiger charge is -2.20. The minimum Gasteiger partial charge on any atom is -0.314 e. The normalized spacial score (nSPS) is 21.4. The third kappa shape index (κ3) is 5.50. The third-order valence-corrected chi connectivity index (χ3v) is 3.14. The largest absolute Gasteiger partial charge is 0.314 e. The highest BCUT2D eigenvalue weighted by Crippen LogP contribution is 2.02. The van der Waals surface area contributed by atoms with Crippen LogP contribution in [0.1, 0.15) is 33.1 Å². The van der Waals surface area contributed by atoms with Gasteiger partial charge in [0.2, 0.25) is 0 Å². The van der Waals surface area contributed by atoms with E-state index >= 15 is 0 Å². The topological polar surface area (TPSA) is 27.3 Å². The molecule has 1 aliphatic heterocycles. The summed E-state index contributed by atoms with van der Waals surface area (Å²) < 4.78 is 0. The number of hydrogen-bond acceptors (Lipinski definition) is 3. The molecule has 1 atom stereocenters. The quantitative estimate of drug-likeness (QED) is 0.590. The van der Waals surface area contributed by atoms with Crippen LogP contribution in [0.5, 0.6) is 0 Å². The van der Waals surface area contributed by atoms with Crippen molar-refractivity contribution in [2.24, 2.45) is 0 Å². The molecule has 15 heavy (non-hydrogen) atoms. The van der Waals surface area contributed by atoms with Gasteiger partial charge in [-0.2, -0.15) is 0 Å². The lowest BCUT2D eigenvalue weighted by atomic mass is 10.2. The first-order chi connectivity index (χ1) is 7.36. The predicted molar refractivity (Wildman–Crippen MR) is 66.3 cm³/mol. The van der Waals surface area contributed by atoms with E-state index in [0.29, 0.717) is 0 Å². The molecule has 0 aromatic heterocycles. The van der Waals surface area contributed by atoms with Crippen LogP contribution in [-0.4, -0.2) is 50.2 Å². The molecule has 1 unspecified atom stereocenters. The van der Waals surface area contributed by atoms with Crippen LogP contribution in [0, 0.1) is 0 Å². The van der Waals surface area contributed by atoms with Crippen LogP contribution < -0.4 is 10.6 Å². The minimum absolute atomic E-state index is 0.728. The van der Waals surface area contributed by atoms with Crippen LogP contribution in [0.2, 0.25) is 0 Å². The molecular weight excluding hydrogens is 186 g/mol. The average molecular weight is 213 g/mol. The molecule has 3 nitrogen and oxygen atoms in total. The molecular formula is C12H27N3. The van der Waals surface area contributed by atoms with Crippen molar-refractivity contribution in [3.05, 3.63) is 0 Å². The summed E-state index contributed by atoms with van der Waals surface area (Å²) in [4.78, 5) is 2.51. The first-order valence-electron chi connectivity index (χ1n) is 6.53. The highest BCUT2D eigenvalue weighted by Gasteiger charge is 2.12. The maximum Gasteiger partial charge on any atom is 0.0192 e. The molecule has 90 valence electrons. The van der Waals surface area contributed by atoms with E-state index in [1.165, 1.54) is 45.4 Å². The van der Waals surface area contributed by atoms with Crippen LogP contribution in [0.15, 0.2) is 0 Å². The van der Waals surface area contributed by atoms with E-state index in [2.05, 4.69) is 29.4 Å². The van der Waals surface area contributed by atoms with Crippen LogP contribution in [0.25, 0.3) is 0 Å². The summed E-state index contributed by atoms with van der Waals surface area (Å²) in [6.45, 7) is 11.6. The Bertz CT molecular complexity index is 144. The summed E-state index contributed by atoms with van der Waals surface area (Å²) >= 11 is 0. The number of hydrogen-bond donors (Lipinski definition) is 2. The Morgan fingerprint density at radius 1 is 1.33 bits per heavy atom. The van der Waals surface area contributed by atoms with Gasteiger partial charge >= 0.3 is 0 Å².